The van der Waals surface area contributed by atoms with E-state index >= 15 is 0 Å². The fourth-order valence-electron chi connectivity index (χ4n) is 1.80. The van der Waals surface area contributed by atoms with E-state index in [-0.39, 0.29) is 5.91 Å². The van der Waals surface area contributed by atoms with E-state index in [0.29, 0.717) is 23.7 Å². The first-order chi connectivity index (χ1) is 9.72. The number of methoxy groups -OCH3 is 1. The average Bonchev–Trinajstić information content (AvgIpc) is 2.50. The number of anilines is 1. The molecule has 0 aliphatic rings. The first-order valence-corrected chi connectivity index (χ1v) is 6.56. The third-order valence-corrected chi connectivity index (χ3v) is 3.06. The number of hydrogen-bond acceptors (Lipinski definition) is 3. The molecule has 0 spiro atoms. The summed E-state index contributed by atoms with van der Waals surface area (Å²) in [7, 11) is 1.61. The van der Waals surface area contributed by atoms with Crippen molar-refractivity contribution in [2.24, 2.45) is 0 Å². The third-order valence-electron chi connectivity index (χ3n) is 2.81. The van der Waals surface area contributed by atoms with Crippen molar-refractivity contribution in [3.8, 4) is 0 Å². The van der Waals surface area contributed by atoms with Crippen LogP contribution in [0.4, 0.5) is 5.69 Å². The van der Waals surface area contributed by atoms with Crippen molar-refractivity contribution < 1.29 is 9.53 Å². The number of rotatable bonds is 5. The summed E-state index contributed by atoms with van der Waals surface area (Å²) >= 11 is 5.88. The lowest BCUT2D eigenvalue weighted by molar-refractivity contribution is 0.0975. The third kappa shape index (κ3) is 3.56. The van der Waals surface area contributed by atoms with Crippen LogP contribution in [0.25, 0.3) is 0 Å². The Morgan fingerprint density at radius 2 is 2.05 bits per heavy atom. The van der Waals surface area contributed by atoms with E-state index < -0.39 is 0 Å². The highest BCUT2D eigenvalue weighted by molar-refractivity contribution is 6.30. The maximum Gasteiger partial charge on any atom is 0.259 e. The van der Waals surface area contributed by atoms with Gasteiger partial charge in [-0.3, -0.25) is 9.78 Å². The Labute approximate surface area is 123 Å². The molecule has 0 aliphatic carbocycles. The lowest BCUT2D eigenvalue weighted by Crippen LogP contribution is -2.34. The average molecular weight is 291 g/mol. The first kappa shape index (κ1) is 14.5. The van der Waals surface area contributed by atoms with Crippen LogP contribution in [0.3, 0.4) is 0 Å². The zero-order valence-corrected chi connectivity index (χ0v) is 11.9. The molecule has 0 saturated heterocycles. The molecule has 0 unspecified atom stereocenters. The van der Waals surface area contributed by atoms with Crippen LogP contribution in [-0.2, 0) is 4.74 Å². The highest BCUT2D eigenvalue weighted by Gasteiger charge is 2.17. The molecular formula is C15H15ClN2O2. The molecule has 0 saturated carbocycles. The van der Waals surface area contributed by atoms with E-state index in [2.05, 4.69) is 4.98 Å². The predicted molar refractivity (Wildman–Crippen MR) is 79.2 cm³/mol. The van der Waals surface area contributed by atoms with Gasteiger partial charge in [0.1, 0.15) is 0 Å². The highest BCUT2D eigenvalue weighted by atomic mass is 35.5. The highest BCUT2D eigenvalue weighted by Crippen LogP contribution is 2.19. The van der Waals surface area contributed by atoms with Crippen molar-refractivity contribution in [3.63, 3.8) is 0 Å². The SMILES string of the molecule is COCCN(C(=O)c1cccnc1)c1ccc(Cl)cc1. The number of nitrogens with zero attached hydrogens (tertiary/aromatic N) is 2. The number of benzene rings is 1. The topological polar surface area (TPSA) is 42.4 Å². The van der Waals surface area contributed by atoms with Gasteiger partial charge in [-0.05, 0) is 36.4 Å². The molecule has 2 aromatic rings. The molecule has 1 aromatic heterocycles. The van der Waals surface area contributed by atoms with Gasteiger partial charge in [0.15, 0.2) is 0 Å². The van der Waals surface area contributed by atoms with Crippen LogP contribution in [0.1, 0.15) is 10.4 Å². The van der Waals surface area contributed by atoms with Gasteiger partial charge < -0.3 is 9.64 Å². The van der Waals surface area contributed by atoms with Gasteiger partial charge in [-0.2, -0.15) is 0 Å². The van der Waals surface area contributed by atoms with E-state index in [1.54, 1.807) is 48.7 Å². The van der Waals surface area contributed by atoms with Crippen LogP contribution in [0.15, 0.2) is 48.8 Å². The molecule has 1 heterocycles. The smallest absolute Gasteiger partial charge is 0.259 e. The number of hydrogen-bond donors (Lipinski definition) is 0. The first-order valence-electron chi connectivity index (χ1n) is 6.19. The van der Waals surface area contributed by atoms with Crippen molar-refractivity contribution in [3.05, 3.63) is 59.4 Å². The largest absolute Gasteiger partial charge is 0.383 e. The van der Waals surface area contributed by atoms with Crippen LogP contribution < -0.4 is 4.90 Å². The number of carbonyl (C=O) groups is 1. The Balaban J connectivity index is 2.27. The molecule has 0 bridgehead atoms. The number of amides is 1. The fraction of sp³-hybridized carbons (Fsp3) is 0.200. The summed E-state index contributed by atoms with van der Waals surface area (Å²) in [5.74, 6) is -0.113. The number of carbonyl (C=O) groups excluding carboxylic acids is 1. The number of aromatic nitrogens is 1. The summed E-state index contributed by atoms with van der Waals surface area (Å²) in [5, 5.41) is 0.634. The maximum absolute atomic E-state index is 12.5. The molecule has 0 atom stereocenters. The van der Waals surface area contributed by atoms with E-state index in [0.717, 1.165) is 5.69 Å². The summed E-state index contributed by atoms with van der Waals surface area (Å²) in [6.45, 7) is 0.917. The number of ether oxygens (including phenoxy) is 1. The van der Waals surface area contributed by atoms with Crippen LogP contribution >= 0.6 is 11.6 Å². The van der Waals surface area contributed by atoms with E-state index in [1.807, 2.05) is 12.1 Å². The summed E-state index contributed by atoms with van der Waals surface area (Å²) in [5.41, 5.74) is 1.32. The van der Waals surface area contributed by atoms with E-state index in [1.165, 1.54) is 0 Å². The van der Waals surface area contributed by atoms with Crippen molar-refractivity contribution in [1.82, 2.24) is 4.98 Å². The molecule has 0 N–H and O–H groups in total. The van der Waals surface area contributed by atoms with Gasteiger partial charge in [-0.1, -0.05) is 11.6 Å². The van der Waals surface area contributed by atoms with Crippen LogP contribution in [0, 0.1) is 0 Å². The second-order valence-electron chi connectivity index (χ2n) is 4.17. The van der Waals surface area contributed by atoms with Gasteiger partial charge in [-0.25, -0.2) is 0 Å². The van der Waals surface area contributed by atoms with Crippen LogP contribution in [-0.4, -0.2) is 31.2 Å². The molecule has 0 radical (unpaired) electrons. The summed E-state index contributed by atoms with van der Waals surface area (Å²) < 4.78 is 5.07. The molecule has 0 aliphatic heterocycles. The van der Waals surface area contributed by atoms with Crippen molar-refractivity contribution in [2.45, 2.75) is 0 Å². The minimum absolute atomic E-state index is 0.113. The normalized spacial score (nSPS) is 10.3. The molecule has 1 aromatic carbocycles. The van der Waals surface area contributed by atoms with Gasteiger partial charge >= 0.3 is 0 Å². The number of halogens is 1. The second-order valence-corrected chi connectivity index (χ2v) is 4.60. The van der Waals surface area contributed by atoms with Crippen molar-refractivity contribution in [1.29, 1.82) is 0 Å². The quantitative estimate of drug-likeness (QED) is 0.850. The fourth-order valence-corrected chi connectivity index (χ4v) is 1.92. The predicted octanol–water partition coefficient (Wildman–Crippen LogP) is 3.03. The van der Waals surface area contributed by atoms with Crippen LogP contribution in [0.5, 0.6) is 0 Å². The van der Waals surface area contributed by atoms with Gasteiger partial charge in [0.25, 0.3) is 5.91 Å². The molecule has 1 amide bonds. The summed E-state index contributed by atoms with van der Waals surface area (Å²) in [6, 6.07) is 10.6. The molecule has 4 nitrogen and oxygen atoms in total. The molecule has 2 rings (SSSR count). The lowest BCUT2D eigenvalue weighted by Gasteiger charge is -2.22. The maximum atomic E-state index is 12.5. The zero-order chi connectivity index (χ0) is 14.4. The Bertz CT molecular complexity index is 558. The number of pyridine rings is 1. The van der Waals surface area contributed by atoms with Gasteiger partial charge in [0.05, 0.1) is 12.2 Å². The Morgan fingerprint density at radius 1 is 1.30 bits per heavy atom. The van der Waals surface area contributed by atoms with E-state index in [4.69, 9.17) is 16.3 Å². The van der Waals surface area contributed by atoms with E-state index in [9.17, 15) is 4.79 Å². The molecular weight excluding hydrogens is 276 g/mol. The monoisotopic (exact) mass is 290 g/mol. The lowest BCUT2D eigenvalue weighted by atomic mass is 10.2. The Kier molecular flexibility index (Phi) is 5.09. The summed E-state index contributed by atoms with van der Waals surface area (Å²) in [4.78, 5) is 18.2. The van der Waals surface area contributed by atoms with Crippen molar-refractivity contribution >= 4 is 23.2 Å². The minimum Gasteiger partial charge on any atom is -0.383 e. The van der Waals surface area contributed by atoms with Crippen molar-refractivity contribution in [2.75, 3.05) is 25.2 Å². The Morgan fingerprint density at radius 3 is 2.65 bits per heavy atom. The summed E-state index contributed by atoms with van der Waals surface area (Å²) in [6.07, 6.45) is 3.19. The van der Waals surface area contributed by atoms with Gasteiger partial charge in [-0.15, -0.1) is 0 Å². The Hall–Kier alpha value is -1.91. The van der Waals surface area contributed by atoms with Gasteiger partial charge in [0.2, 0.25) is 0 Å². The zero-order valence-electron chi connectivity index (χ0n) is 11.1. The molecule has 0 fully saturated rings. The molecule has 104 valence electrons. The standard InChI is InChI=1S/C15H15ClN2O2/c1-20-10-9-18(14-6-4-13(16)5-7-14)15(19)12-3-2-8-17-11-12/h2-8,11H,9-10H2,1H3. The van der Waals surface area contributed by atoms with Gasteiger partial charge in [0, 0.05) is 36.8 Å². The molecule has 20 heavy (non-hydrogen) atoms. The second kappa shape index (κ2) is 7.03. The minimum atomic E-state index is -0.113. The van der Waals surface area contributed by atoms with Crippen LogP contribution in [0.2, 0.25) is 5.02 Å². The molecule has 5 heteroatoms.